The second kappa shape index (κ2) is 5.39. The molecule has 0 bridgehead atoms. The summed E-state index contributed by atoms with van der Waals surface area (Å²) in [6.07, 6.45) is 0.724. The minimum absolute atomic E-state index is 0.0440. The van der Waals surface area contributed by atoms with Crippen LogP contribution in [0.3, 0.4) is 0 Å². The van der Waals surface area contributed by atoms with Gasteiger partial charge in [-0.3, -0.25) is 4.79 Å². The van der Waals surface area contributed by atoms with Crippen molar-refractivity contribution in [1.29, 1.82) is 0 Å². The van der Waals surface area contributed by atoms with Crippen LogP contribution in [0.1, 0.15) is 21.6 Å². The Morgan fingerprint density at radius 1 is 1.17 bits per heavy atom. The van der Waals surface area contributed by atoms with Gasteiger partial charge in [0.1, 0.15) is 5.82 Å². The normalized spacial score (nSPS) is 14.1. The topological polar surface area (TPSA) is 36.1 Å². The van der Waals surface area contributed by atoms with E-state index >= 15 is 0 Å². The molecular weight excluding hydrogens is 315 g/mol. The Kier molecular flexibility index (Phi) is 3.34. The summed E-state index contributed by atoms with van der Waals surface area (Å²) in [6.45, 7) is 1.01. The lowest BCUT2D eigenvalue weighted by Gasteiger charge is -2.27. The molecular formula is C18H14ClFN2O. The van der Waals surface area contributed by atoms with Crippen LogP contribution in [0.2, 0.25) is 5.02 Å². The molecule has 2 heterocycles. The maximum atomic E-state index is 14.0. The first-order valence-electron chi connectivity index (χ1n) is 7.47. The van der Waals surface area contributed by atoms with Crippen molar-refractivity contribution >= 4 is 28.4 Å². The number of aromatic amines is 1. The summed E-state index contributed by atoms with van der Waals surface area (Å²) >= 11 is 6.02. The smallest absolute Gasteiger partial charge is 0.258 e. The molecule has 23 heavy (non-hydrogen) atoms. The minimum Gasteiger partial charge on any atom is -0.358 e. The molecule has 0 fully saturated rings. The molecule has 3 nitrogen and oxygen atoms in total. The maximum absolute atomic E-state index is 14.0. The Morgan fingerprint density at radius 2 is 2.00 bits per heavy atom. The third-order valence-electron chi connectivity index (χ3n) is 4.35. The van der Waals surface area contributed by atoms with Crippen LogP contribution in [0.25, 0.3) is 10.9 Å². The molecule has 0 saturated carbocycles. The molecule has 0 radical (unpaired) electrons. The maximum Gasteiger partial charge on any atom is 0.258 e. The summed E-state index contributed by atoms with van der Waals surface area (Å²) in [5, 5.41) is 1.26. The predicted octanol–water partition coefficient (Wildman–Crippen LogP) is 4.16. The van der Waals surface area contributed by atoms with E-state index in [1.165, 1.54) is 12.1 Å². The van der Waals surface area contributed by atoms with Gasteiger partial charge in [0.15, 0.2) is 0 Å². The number of para-hydroxylation sites is 1. The fraction of sp³-hybridized carbons (Fsp3) is 0.167. The van der Waals surface area contributed by atoms with Crippen molar-refractivity contribution in [1.82, 2.24) is 9.88 Å². The first kappa shape index (κ1) is 14.3. The molecule has 0 spiro atoms. The zero-order valence-electron chi connectivity index (χ0n) is 12.3. The number of hydrogen-bond acceptors (Lipinski definition) is 1. The van der Waals surface area contributed by atoms with E-state index in [4.69, 9.17) is 11.6 Å². The Hall–Kier alpha value is -2.33. The summed E-state index contributed by atoms with van der Waals surface area (Å²) in [7, 11) is 0. The molecule has 4 rings (SSSR count). The van der Waals surface area contributed by atoms with E-state index in [9.17, 15) is 9.18 Å². The van der Waals surface area contributed by atoms with Gasteiger partial charge in [-0.25, -0.2) is 4.39 Å². The molecule has 2 aromatic carbocycles. The number of benzene rings is 2. The van der Waals surface area contributed by atoms with Crippen molar-refractivity contribution in [2.45, 2.75) is 13.0 Å². The van der Waals surface area contributed by atoms with Crippen LogP contribution in [-0.2, 0) is 13.0 Å². The zero-order valence-corrected chi connectivity index (χ0v) is 13.0. The second-order valence-electron chi connectivity index (χ2n) is 5.70. The van der Waals surface area contributed by atoms with Crippen LogP contribution in [0.15, 0.2) is 42.5 Å². The van der Waals surface area contributed by atoms with E-state index in [2.05, 4.69) is 4.98 Å². The molecule has 0 unspecified atom stereocenters. The molecule has 0 atom stereocenters. The molecule has 1 aromatic heterocycles. The highest BCUT2D eigenvalue weighted by Crippen LogP contribution is 2.29. The monoisotopic (exact) mass is 328 g/mol. The van der Waals surface area contributed by atoms with Gasteiger partial charge in [-0.05, 0) is 18.2 Å². The molecule has 116 valence electrons. The summed E-state index contributed by atoms with van der Waals surface area (Å²) in [4.78, 5) is 17.8. The average Bonchev–Trinajstić information content (AvgIpc) is 2.92. The van der Waals surface area contributed by atoms with Crippen molar-refractivity contribution in [2.75, 3.05) is 6.54 Å². The summed E-state index contributed by atoms with van der Waals surface area (Å²) in [5.41, 5.74) is 3.27. The number of amides is 1. The number of H-pyrrole nitrogens is 1. The highest BCUT2D eigenvalue weighted by molar-refractivity contribution is 6.33. The van der Waals surface area contributed by atoms with E-state index < -0.39 is 5.82 Å². The highest BCUT2D eigenvalue weighted by atomic mass is 35.5. The van der Waals surface area contributed by atoms with Gasteiger partial charge >= 0.3 is 0 Å². The van der Waals surface area contributed by atoms with Crippen LogP contribution >= 0.6 is 11.6 Å². The first-order valence-corrected chi connectivity index (χ1v) is 7.84. The second-order valence-corrected chi connectivity index (χ2v) is 6.11. The quantitative estimate of drug-likeness (QED) is 0.715. The lowest BCUT2D eigenvalue weighted by atomic mass is 10.0. The SMILES string of the molecule is O=C(c1c(F)cccc1Cl)N1CCc2[nH]c3ccccc3c2C1. The van der Waals surface area contributed by atoms with Crippen molar-refractivity contribution in [2.24, 2.45) is 0 Å². The summed E-state index contributed by atoms with van der Waals surface area (Å²) in [6, 6.07) is 12.3. The van der Waals surface area contributed by atoms with Gasteiger partial charge in [-0.1, -0.05) is 35.9 Å². The molecule has 1 N–H and O–H groups in total. The Morgan fingerprint density at radius 3 is 2.83 bits per heavy atom. The molecule has 5 heteroatoms. The number of carbonyl (C=O) groups excluding carboxylic acids is 1. The van der Waals surface area contributed by atoms with Gasteiger partial charge in [0.25, 0.3) is 5.91 Å². The molecule has 1 amide bonds. The number of nitrogens with one attached hydrogen (secondary N) is 1. The molecule has 1 aliphatic heterocycles. The number of rotatable bonds is 1. The van der Waals surface area contributed by atoms with E-state index in [-0.39, 0.29) is 16.5 Å². The largest absolute Gasteiger partial charge is 0.358 e. The Bertz CT molecular complexity index is 898. The van der Waals surface area contributed by atoms with Crippen LogP contribution in [0.4, 0.5) is 4.39 Å². The van der Waals surface area contributed by atoms with E-state index in [0.29, 0.717) is 13.1 Å². The number of aromatic nitrogens is 1. The fourth-order valence-electron chi connectivity index (χ4n) is 3.20. The van der Waals surface area contributed by atoms with Crippen LogP contribution in [0, 0.1) is 5.82 Å². The average molecular weight is 329 g/mol. The van der Waals surface area contributed by atoms with Gasteiger partial charge in [-0.15, -0.1) is 0 Å². The number of nitrogens with zero attached hydrogens (tertiary/aromatic N) is 1. The lowest BCUT2D eigenvalue weighted by Crippen LogP contribution is -2.36. The number of fused-ring (bicyclic) bond motifs is 3. The number of hydrogen-bond donors (Lipinski definition) is 1. The lowest BCUT2D eigenvalue weighted by molar-refractivity contribution is 0.0730. The van der Waals surface area contributed by atoms with E-state index in [0.717, 1.165) is 28.6 Å². The molecule has 0 saturated heterocycles. The van der Waals surface area contributed by atoms with Crippen molar-refractivity contribution in [3.05, 3.63) is 70.1 Å². The van der Waals surface area contributed by atoms with Gasteiger partial charge in [-0.2, -0.15) is 0 Å². The standard InChI is InChI=1S/C18H14ClFN2O/c19-13-5-3-6-14(20)17(13)18(23)22-9-8-16-12(10-22)11-4-1-2-7-15(11)21-16/h1-7,21H,8-10H2. The van der Waals surface area contributed by atoms with Crippen LogP contribution < -0.4 is 0 Å². The predicted molar refractivity (Wildman–Crippen MR) is 88.2 cm³/mol. The number of carbonyl (C=O) groups is 1. The van der Waals surface area contributed by atoms with Crippen molar-refractivity contribution < 1.29 is 9.18 Å². The molecule has 1 aliphatic rings. The molecule has 0 aliphatic carbocycles. The third kappa shape index (κ3) is 2.30. The highest BCUT2D eigenvalue weighted by Gasteiger charge is 2.27. The first-order chi connectivity index (χ1) is 11.1. The Labute approximate surface area is 137 Å². The molecule has 3 aromatic rings. The van der Waals surface area contributed by atoms with Gasteiger partial charge in [0.2, 0.25) is 0 Å². The summed E-state index contributed by atoms with van der Waals surface area (Å²) in [5.74, 6) is -0.934. The van der Waals surface area contributed by atoms with Crippen molar-refractivity contribution in [3.8, 4) is 0 Å². The van der Waals surface area contributed by atoms with Gasteiger partial charge < -0.3 is 9.88 Å². The van der Waals surface area contributed by atoms with Gasteiger partial charge in [0.05, 0.1) is 10.6 Å². The van der Waals surface area contributed by atoms with Crippen LogP contribution in [0.5, 0.6) is 0 Å². The third-order valence-corrected chi connectivity index (χ3v) is 4.66. The minimum atomic E-state index is -0.577. The van der Waals surface area contributed by atoms with Gasteiger partial charge in [0, 0.05) is 41.7 Å². The van der Waals surface area contributed by atoms with Crippen molar-refractivity contribution in [3.63, 3.8) is 0 Å². The fourth-order valence-corrected chi connectivity index (χ4v) is 3.44. The van der Waals surface area contributed by atoms with Crippen LogP contribution in [-0.4, -0.2) is 22.3 Å². The van der Waals surface area contributed by atoms with E-state index in [1.807, 2.05) is 24.3 Å². The van der Waals surface area contributed by atoms with E-state index in [1.54, 1.807) is 11.0 Å². The summed E-state index contributed by atoms with van der Waals surface area (Å²) < 4.78 is 14.0. The Balaban J connectivity index is 1.71. The number of halogens is 2. The zero-order chi connectivity index (χ0) is 16.0.